The Labute approximate surface area is 118 Å². The number of pyridine rings is 1. The molecule has 1 atom stereocenters. The van der Waals surface area contributed by atoms with Gasteiger partial charge in [-0.05, 0) is 36.8 Å². The minimum absolute atomic E-state index is 0.148. The number of hydrogen-bond donors (Lipinski definition) is 1. The van der Waals surface area contributed by atoms with E-state index in [1.165, 1.54) is 18.5 Å². The highest BCUT2D eigenvalue weighted by Gasteiger charge is 2.18. The summed E-state index contributed by atoms with van der Waals surface area (Å²) in [6.45, 7) is 1.78. The topological polar surface area (TPSA) is 68.3 Å². The molecule has 0 unspecified atom stereocenters. The summed E-state index contributed by atoms with van der Waals surface area (Å²) in [6.07, 6.45) is 2.85. The molecule has 0 saturated heterocycles. The number of methoxy groups -OCH3 is 1. The zero-order chi connectivity index (χ0) is 14.6. The van der Waals surface area contributed by atoms with Gasteiger partial charge < -0.3 is 4.74 Å². The van der Waals surface area contributed by atoms with Crippen LogP contribution in [0.3, 0.4) is 0 Å². The first kappa shape index (κ1) is 14.5. The fraction of sp³-hybridized carbons (Fsp3) is 0.214. The number of sulfonamides is 1. The molecule has 106 valence electrons. The Kier molecular flexibility index (Phi) is 4.36. The van der Waals surface area contributed by atoms with Crippen LogP contribution in [0.25, 0.3) is 0 Å². The van der Waals surface area contributed by atoms with Gasteiger partial charge >= 0.3 is 0 Å². The first-order valence-corrected chi connectivity index (χ1v) is 7.57. The molecule has 0 radical (unpaired) electrons. The molecule has 0 aliphatic rings. The second kappa shape index (κ2) is 6.02. The monoisotopic (exact) mass is 292 g/mol. The van der Waals surface area contributed by atoms with E-state index in [9.17, 15) is 8.42 Å². The summed E-state index contributed by atoms with van der Waals surface area (Å²) < 4.78 is 32.1. The highest BCUT2D eigenvalue weighted by atomic mass is 32.2. The number of benzene rings is 1. The number of rotatable bonds is 5. The van der Waals surface area contributed by atoms with E-state index in [2.05, 4.69) is 9.71 Å². The lowest BCUT2D eigenvalue weighted by Crippen LogP contribution is -2.27. The molecule has 1 N–H and O–H groups in total. The van der Waals surface area contributed by atoms with Gasteiger partial charge in [0.1, 0.15) is 10.6 Å². The number of hydrogen-bond acceptors (Lipinski definition) is 4. The Morgan fingerprint density at radius 2 is 2.05 bits per heavy atom. The van der Waals surface area contributed by atoms with Gasteiger partial charge in [-0.3, -0.25) is 4.98 Å². The number of nitrogens with zero attached hydrogens (tertiary/aromatic N) is 1. The molecular formula is C14H16N2O3S. The summed E-state index contributed by atoms with van der Waals surface area (Å²) in [5, 5.41) is 0. The number of nitrogens with one attached hydrogen (secondary N) is 1. The van der Waals surface area contributed by atoms with Crippen molar-refractivity contribution in [1.29, 1.82) is 0 Å². The standard InChI is InChI=1S/C14H16N2O3S/c1-11(12-5-3-6-13(9-12)19-2)16-20(17,18)14-7-4-8-15-10-14/h3-11,16H,1-2H3/t11-/m1/s1. The third-order valence-corrected chi connectivity index (χ3v) is 4.40. The molecule has 2 aromatic rings. The summed E-state index contributed by atoms with van der Waals surface area (Å²) in [7, 11) is -2.01. The Morgan fingerprint density at radius 1 is 1.25 bits per heavy atom. The molecule has 1 heterocycles. The molecule has 1 aromatic carbocycles. The molecule has 0 aliphatic carbocycles. The largest absolute Gasteiger partial charge is 0.497 e. The highest BCUT2D eigenvalue weighted by Crippen LogP contribution is 2.20. The summed E-state index contributed by atoms with van der Waals surface area (Å²) in [4.78, 5) is 3.97. The molecule has 2 rings (SSSR count). The van der Waals surface area contributed by atoms with Gasteiger partial charge in [0.15, 0.2) is 0 Å². The van der Waals surface area contributed by atoms with Gasteiger partial charge in [-0.15, -0.1) is 0 Å². The van der Waals surface area contributed by atoms with E-state index in [4.69, 9.17) is 4.74 Å². The van der Waals surface area contributed by atoms with Crippen LogP contribution in [0.15, 0.2) is 53.7 Å². The quantitative estimate of drug-likeness (QED) is 0.916. The summed E-state index contributed by atoms with van der Waals surface area (Å²) in [6, 6.07) is 10.0. The summed E-state index contributed by atoms with van der Waals surface area (Å²) >= 11 is 0. The minimum Gasteiger partial charge on any atom is -0.497 e. The average Bonchev–Trinajstić information content (AvgIpc) is 2.48. The van der Waals surface area contributed by atoms with E-state index >= 15 is 0 Å². The van der Waals surface area contributed by atoms with E-state index < -0.39 is 10.0 Å². The Morgan fingerprint density at radius 3 is 2.70 bits per heavy atom. The van der Waals surface area contributed by atoms with Gasteiger partial charge in [-0.25, -0.2) is 13.1 Å². The fourth-order valence-electron chi connectivity index (χ4n) is 1.79. The molecule has 0 aliphatic heterocycles. The van der Waals surface area contributed by atoms with Crippen LogP contribution in [0.4, 0.5) is 0 Å². The van der Waals surface area contributed by atoms with Crippen molar-refractivity contribution in [3.8, 4) is 5.75 Å². The van der Waals surface area contributed by atoms with Crippen molar-refractivity contribution in [3.63, 3.8) is 0 Å². The van der Waals surface area contributed by atoms with Gasteiger partial charge in [0, 0.05) is 18.4 Å². The van der Waals surface area contributed by atoms with Crippen LogP contribution in [0.2, 0.25) is 0 Å². The third-order valence-electron chi connectivity index (χ3n) is 2.87. The van der Waals surface area contributed by atoms with Crippen LogP contribution in [-0.4, -0.2) is 20.5 Å². The van der Waals surface area contributed by atoms with E-state index in [0.717, 1.165) is 5.56 Å². The first-order valence-electron chi connectivity index (χ1n) is 6.09. The lowest BCUT2D eigenvalue weighted by molar-refractivity contribution is 0.413. The highest BCUT2D eigenvalue weighted by molar-refractivity contribution is 7.89. The molecule has 1 aromatic heterocycles. The number of aromatic nitrogens is 1. The van der Waals surface area contributed by atoms with Crippen LogP contribution < -0.4 is 9.46 Å². The molecule has 6 heteroatoms. The molecule has 0 bridgehead atoms. The van der Waals surface area contributed by atoms with Gasteiger partial charge in [0.2, 0.25) is 10.0 Å². The van der Waals surface area contributed by atoms with Crippen molar-refractivity contribution in [2.24, 2.45) is 0 Å². The maximum atomic E-state index is 12.2. The SMILES string of the molecule is COc1cccc([C@@H](C)NS(=O)(=O)c2cccnc2)c1. The fourth-order valence-corrected chi connectivity index (χ4v) is 2.98. The summed E-state index contributed by atoms with van der Waals surface area (Å²) in [5.41, 5.74) is 0.830. The molecule has 0 amide bonds. The van der Waals surface area contributed by atoms with E-state index in [-0.39, 0.29) is 10.9 Å². The van der Waals surface area contributed by atoms with E-state index in [0.29, 0.717) is 5.75 Å². The van der Waals surface area contributed by atoms with Crippen molar-refractivity contribution >= 4 is 10.0 Å². The molecule has 0 fully saturated rings. The Balaban J connectivity index is 2.21. The van der Waals surface area contributed by atoms with Crippen molar-refractivity contribution in [3.05, 3.63) is 54.4 Å². The zero-order valence-corrected chi connectivity index (χ0v) is 12.1. The lowest BCUT2D eigenvalue weighted by atomic mass is 10.1. The van der Waals surface area contributed by atoms with E-state index in [1.807, 2.05) is 18.2 Å². The minimum atomic E-state index is -3.58. The molecule has 0 spiro atoms. The van der Waals surface area contributed by atoms with Gasteiger partial charge in [-0.1, -0.05) is 12.1 Å². The first-order chi connectivity index (χ1) is 9.53. The summed E-state index contributed by atoms with van der Waals surface area (Å²) in [5.74, 6) is 0.690. The number of ether oxygens (including phenoxy) is 1. The molecular weight excluding hydrogens is 276 g/mol. The lowest BCUT2D eigenvalue weighted by Gasteiger charge is -2.15. The van der Waals surface area contributed by atoms with Crippen molar-refractivity contribution in [2.45, 2.75) is 17.9 Å². The van der Waals surface area contributed by atoms with Crippen LogP contribution >= 0.6 is 0 Å². The van der Waals surface area contributed by atoms with Gasteiger partial charge in [-0.2, -0.15) is 0 Å². The predicted octanol–water partition coefficient (Wildman–Crippen LogP) is 2.13. The van der Waals surface area contributed by atoms with Crippen molar-refractivity contribution in [2.75, 3.05) is 7.11 Å². The van der Waals surface area contributed by atoms with Gasteiger partial charge in [0.05, 0.1) is 7.11 Å². The second-order valence-corrected chi connectivity index (χ2v) is 6.02. The third kappa shape index (κ3) is 3.34. The van der Waals surface area contributed by atoms with Crippen LogP contribution in [0, 0.1) is 0 Å². The molecule has 0 saturated carbocycles. The average molecular weight is 292 g/mol. The van der Waals surface area contributed by atoms with Crippen LogP contribution in [-0.2, 0) is 10.0 Å². The normalized spacial score (nSPS) is 12.9. The maximum Gasteiger partial charge on any atom is 0.242 e. The maximum absolute atomic E-state index is 12.2. The van der Waals surface area contributed by atoms with E-state index in [1.54, 1.807) is 26.2 Å². The molecule has 5 nitrogen and oxygen atoms in total. The smallest absolute Gasteiger partial charge is 0.242 e. The second-order valence-electron chi connectivity index (χ2n) is 4.31. The molecule has 20 heavy (non-hydrogen) atoms. The predicted molar refractivity (Wildman–Crippen MR) is 76.0 cm³/mol. The Bertz CT molecular complexity index is 672. The Hall–Kier alpha value is -1.92. The van der Waals surface area contributed by atoms with Crippen molar-refractivity contribution in [1.82, 2.24) is 9.71 Å². The van der Waals surface area contributed by atoms with Crippen LogP contribution in [0.5, 0.6) is 5.75 Å². The van der Waals surface area contributed by atoms with Crippen molar-refractivity contribution < 1.29 is 13.2 Å². The van der Waals surface area contributed by atoms with Gasteiger partial charge in [0.25, 0.3) is 0 Å². The zero-order valence-electron chi connectivity index (χ0n) is 11.3. The van der Waals surface area contributed by atoms with Crippen LogP contribution in [0.1, 0.15) is 18.5 Å².